The Morgan fingerprint density at radius 2 is 1.52 bits per heavy atom. The molecule has 4 saturated carbocycles. The fourth-order valence-corrected chi connectivity index (χ4v) is 11.8. The first kappa shape index (κ1) is 30.7. The Morgan fingerprint density at radius 3 is 2.25 bits per heavy atom. The largest absolute Gasteiger partial charge is 0.462 e. The number of unbranched alkanes of at least 4 members (excludes halogenated alkanes) is 4. The van der Waals surface area contributed by atoms with Crippen LogP contribution in [0.2, 0.25) is 0 Å². The molecule has 0 radical (unpaired) electrons. The Bertz CT molecular complexity index is 989. The highest BCUT2D eigenvalue weighted by molar-refractivity contribution is 5.69. The summed E-state index contributed by atoms with van der Waals surface area (Å²) >= 11 is 0. The van der Waals surface area contributed by atoms with Gasteiger partial charge in [-0.15, -0.1) is 0 Å². The fraction of sp³-hybridized carbons (Fsp3) is 0.921. The van der Waals surface area contributed by atoms with Crippen molar-refractivity contribution in [3.05, 3.63) is 11.6 Å². The zero-order chi connectivity index (χ0) is 29.2. The van der Waals surface area contributed by atoms with Crippen LogP contribution in [-0.2, 0) is 9.53 Å². The normalized spacial score (nSPS) is 45.3. The molecule has 8 atom stereocenters. The summed E-state index contributed by atoms with van der Waals surface area (Å²) < 4.78 is 6.31. The van der Waals surface area contributed by atoms with E-state index in [0.717, 1.165) is 31.1 Å². The summed E-state index contributed by atoms with van der Waals surface area (Å²) in [5, 5.41) is 0. The minimum absolute atomic E-state index is 0.0373. The molecule has 5 aliphatic rings. The van der Waals surface area contributed by atoms with Gasteiger partial charge in [0.05, 0.1) is 0 Å². The highest BCUT2D eigenvalue weighted by Gasteiger charge is 2.68. The fourth-order valence-electron chi connectivity index (χ4n) is 11.8. The third-order valence-electron chi connectivity index (χ3n) is 14.8. The first-order valence-electron chi connectivity index (χ1n) is 17.5. The maximum atomic E-state index is 12.9. The number of hydrogen-bond donors (Lipinski definition) is 0. The molecule has 40 heavy (non-hydrogen) atoms. The second-order valence-electron chi connectivity index (χ2n) is 17.9. The third-order valence-corrected chi connectivity index (χ3v) is 14.8. The van der Waals surface area contributed by atoms with Gasteiger partial charge >= 0.3 is 5.97 Å². The number of ether oxygens (including phenoxy) is 1. The Balaban J connectivity index is 1.36. The topological polar surface area (TPSA) is 26.3 Å². The van der Waals surface area contributed by atoms with Crippen LogP contribution in [0.5, 0.6) is 0 Å². The molecule has 0 aromatic rings. The van der Waals surface area contributed by atoms with Crippen LogP contribution in [0.15, 0.2) is 11.6 Å². The van der Waals surface area contributed by atoms with Crippen LogP contribution >= 0.6 is 0 Å². The van der Waals surface area contributed by atoms with Gasteiger partial charge in [0.2, 0.25) is 0 Å². The van der Waals surface area contributed by atoms with Crippen LogP contribution in [0.4, 0.5) is 0 Å². The molecule has 0 amide bonds. The molecule has 2 heteroatoms. The molecule has 4 fully saturated rings. The molecular weight excluding hydrogens is 488 g/mol. The molecule has 0 spiro atoms. The van der Waals surface area contributed by atoms with Gasteiger partial charge in [-0.05, 0) is 115 Å². The Morgan fingerprint density at radius 1 is 0.825 bits per heavy atom. The number of hydrogen-bond acceptors (Lipinski definition) is 2. The van der Waals surface area contributed by atoms with Gasteiger partial charge in [0.25, 0.3) is 0 Å². The molecule has 0 unspecified atom stereocenters. The predicted octanol–water partition coefficient (Wildman–Crippen LogP) is 11.1. The van der Waals surface area contributed by atoms with Crippen LogP contribution in [0, 0.1) is 50.2 Å². The number of esters is 1. The zero-order valence-corrected chi connectivity index (χ0v) is 28.0. The van der Waals surface area contributed by atoms with E-state index < -0.39 is 0 Å². The van der Waals surface area contributed by atoms with E-state index >= 15 is 0 Å². The van der Waals surface area contributed by atoms with Crippen molar-refractivity contribution in [1.29, 1.82) is 0 Å². The zero-order valence-electron chi connectivity index (χ0n) is 28.0. The number of carbonyl (C=O) groups excluding carboxylic acids is 1. The lowest BCUT2D eigenvalue weighted by molar-refractivity contribution is -0.212. The van der Waals surface area contributed by atoms with Gasteiger partial charge in [0.1, 0.15) is 6.10 Å². The van der Waals surface area contributed by atoms with Gasteiger partial charge in [-0.25, -0.2) is 0 Å². The van der Waals surface area contributed by atoms with E-state index in [1.165, 1.54) is 77.0 Å². The lowest BCUT2D eigenvalue weighted by Gasteiger charge is -2.71. The first-order valence-corrected chi connectivity index (χ1v) is 17.5. The van der Waals surface area contributed by atoms with Crippen molar-refractivity contribution in [2.45, 2.75) is 171 Å². The third kappa shape index (κ3) is 4.76. The summed E-state index contributed by atoms with van der Waals surface area (Å²) in [6.45, 7) is 22.9. The second-order valence-corrected chi connectivity index (χ2v) is 17.9. The smallest absolute Gasteiger partial charge is 0.306 e. The average molecular weight is 553 g/mol. The van der Waals surface area contributed by atoms with Crippen molar-refractivity contribution in [2.24, 2.45) is 50.2 Å². The molecule has 0 N–H and O–H groups in total. The molecule has 0 aromatic heterocycles. The molecule has 0 heterocycles. The van der Waals surface area contributed by atoms with E-state index in [4.69, 9.17) is 4.74 Å². The Hall–Kier alpha value is -0.790. The molecular formula is C38H64O2. The van der Waals surface area contributed by atoms with Crippen LogP contribution in [0.25, 0.3) is 0 Å². The van der Waals surface area contributed by atoms with Crippen LogP contribution < -0.4 is 0 Å². The highest BCUT2D eigenvalue weighted by Crippen LogP contribution is 2.75. The summed E-state index contributed by atoms with van der Waals surface area (Å²) in [7, 11) is 0. The van der Waals surface area contributed by atoms with E-state index in [9.17, 15) is 4.79 Å². The van der Waals surface area contributed by atoms with Gasteiger partial charge < -0.3 is 4.74 Å². The maximum absolute atomic E-state index is 12.9. The molecule has 0 bridgehead atoms. The van der Waals surface area contributed by atoms with Crippen molar-refractivity contribution in [2.75, 3.05) is 0 Å². The summed E-state index contributed by atoms with van der Waals surface area (Å²) in [6, 6.07) is 0. The number of allylic oxidation sites excluding steroid dienone is 2. The first-order chi connectivity index (χ1) is 18.6. The quantitative estimate of drug-likeness (QED) is 0.178. The summed E-state index contributed by atoms with van der Waals surface area (Å²) in [5.41, 5.74) is 3.89. The van der Waals surface area contributed by atoms with Gasteiger partial charge in [0.15, 0.2) is 0 Å². The summed E-state index contributed by atoms with van der Waals surface area (Å²) in [6.07, 6.45) is 22.5. The number of carbonyl (C=O) groups is 1. The minimum atomic E-state index is 0.0373. The standard InChI is InChI=1S/C38H64O2/c1-10-11-12-13-14-15-32(39)40-31-19-20-36(7)29(34(31,4)5)18-21-38(9)30(36)17-16-27-28-26-33(2,3)22-23-35(28,6)24-25-37(27,38)8/h16,28-31H,10-15,17-26H2,1-9H3/t28-,29+,30-,31+,35+,36+,37-,38-/m1/s1. The van der Waals surface area contributed by atoms with E-state index in [-0.39, 0.29) is 17.5 Å². The monoisotopic (exact) mass is 552 g/mol. The van der Waals surface area contributed by atoms with Crippen molar-refractivity contribution in [3.63, 3.8) is 0 Å². The predicted molar refractivity (Wildman–Crippen MR) is 168 cm³/mol. The maximum Gasteiger partial charge on any atom is 0.306 e. The lowest BCUT2D eigenvalue weighted by atomic mass is 9.33. The van der Waals surface area contributed by atoms with E-state index in [2.05, 4.69) is 68.4 Å². The molecule has 228 valence electrons. The van der Waals surface area contributed by atoms with Crippen molar-refractivity contribution in [3.8, 4) is 0 Å². The summed E-state index contributed by atoms with van der Waals surface area (Å²) in [4.78, 5) is 12.9. The molecule has 5 aliphatic carbocycles. The number of fused-ring (bicyclic) bond motifs is 7. The number of rotatable bonds is 7. The van der Waals surface area contributed by atoms with Crippen molar-refractivity contribution >= 4 is 5.97 Å². The SMILES string of the molecule is CCCCCCCC(=O)O[C@H]1CC[C@]2(C)[C@H]3CC=C4[C@H]5CC(C)(C)CC[C@@]5(C)CC[C@@]4(C)[C@]3(C)CC[C@H]2C1(C)C. The van der Waals surface area contributed by atoms with E-state index in [1.807, 2.05) is 5.57 Å². The second kappa shape index (κ2) is 10.4. The van der Waals surface area contributed by atoms with Crippen LogP contribution in [-0.4, -0.2) is 12.1 Å². The van der Waals surface area contributed by atoms with Gasteiger partial charge in [-0.1, -0.05) is 99.6 Å². The molecule has 2 nitrogen and oxygen atoms in total. The van der Waals surface area contributed by atoms with Crippen LogP contribution in [0.3, 0.4) is 0 Å². The summed E-state index contributed by atoms with van der Waals surface area (Å²) in [5.74, 6) is 2.17. The Kier molecular flexibility index (Phi) is 8.00. The lowest BCUT2D eigenvalue weighted by Crippen LogP contribution is -2.64. The van der Waals surface area contributed by atoms with Crippen molar-refractivity contribution < 1.29 is 9.53 Å². The highest BCUT2D eigenvalue weighted by atomic mass is 16.5. The van der Waals surface area contributed by atoms with Gasteiger partial charge in [-0.3, -0.25) is 4.79 Å². The molecule has 5 rings (SSSR count). The Labute approximate surface area is 248 Å². The molecule has 0 saturated heterocycles. The minimum Gasteiger partial charge on any atom is -0.462 e. The van der Waals surface area contributed by atoms with Crippen molar-refractivity contribution in [1.82, 2.24) is 0 Å². The van der Waals surface area contributed by atoms with Gasteiger partial charge in [0, 0.05) is 11.8 Å². The van der Waals surface area contributed by atoms with Gasteiger partial charge in [-0.2, -0.15) is 0 Å². The van der Waals surface area contributed by atoms with Crippen LogP contribution in [0.1, 0.15) is 165 Å². The van der Waals surface area contributed by atoms with E-state index in [1.54, 1.807) is 0 Å². The van der Waals surface area contributed by atoms with E-state index in [0.29, 0.717) is 39.4 Å². The molecule has 0 aliphatic heterocycles. The average Bonchev–Trinajstić information content (AvgIpc) is 2.87. The molecule has 0 aromatic carbocycles.